The van der Waals surface area contributed by atoms with Gasteiger partial charge in [-0.25, -0.2) is 0 Å². The van der Waals surface area contributed by atoms with Crippen molar-refractivity contribution in [3.05, 3.63) is 0 Å². The fourth-order valence-corrected chi connectivity index (χ4v) is 2.33. The van der Waals surface area contributed by atoms with Gasteiger partial charge in [0.15, 0.2) is 0 Å². The van der Waals surface area contributed by atoms with Crippen LogP contribution in [0.3, 0.4) is 0 Å². The molecule has 1 heterocycles. The van der Waals surface area contributed by atoms with E-state index in [-0.39, 0.29) is 29.9 Å². The van der Waals surface area contributed by atoms with Crippen molar-refractivity contribution < 1.29 is 9.59 Å². The summed E-state index contributed by atoms with van der Waals surface area (Å²) in [6.07, 6.45) is 4.26. The quantitative estimate of drug-likeness (QED) is 0.708. The van der Waals surface area contributed by atoms with Gasteiger partial charge in [0.05, 0.1) is 0 Å². The summed E-state index contributed by atoms with van der Waals surface area (Å²) in [6, 6.07) is -0.219. The number of hydrogen-bond donors (Lipinski definition) is 1. The van der Waals surface area contributed by atoms with Gasteiger partial charge in [-0.05, 0) is 38.5 Å². The summed E-state index contributed by atoms with van der Waals surface area (Å²) >= 11 is 0. The highest BCUT2D eigenvalue weighted by Crippen LogP contribution is 2.43. The number of nitrogens with zero attached hydrogens (tertiary/aromatic N) is 1. The molecule has 15 heavy (non-hydrogen) atoms. The molecule has 1 aliphatic heterocycles. The Morgan fingerprint density at radius 1 is 1.33 bits per heavy atom. The third-order valence-corrected chi connectivity index (χ3v) is 3.87. The van der Waals surface area contributed by atoms with E-state index >= 15 is 0 Å². The van der Waals surface area contributed by atoms with Gasteiger partial charge in [0.2, 0.25) is 11.8 Å². The van der Waals surface area contributed by atoms with Crippen molar-refractivity contribution >= 4 is 11.8 Å². The van der Waals surface area contributed by atoms with Crippen molar-refractivity contribution in [1.29, 1.82) is 0 Å². The lowest BCUT2D eigenvalue weighted by Gasteiger charge is -2.37. The zero-order chi connectivity index (χ0) is 10.6. The van der Waals surface area contributed by atoms with E-state index in [1.807, 2.05) is 0 Å². The van der Waals surface area contributed by atoms with Crippen molar-refractivity contribution in [1.82, 2.24) is 10.2 Å². The van der Waals surface area contributed by atoms with Crippen molar-refractivity contribution in [3.63, 3.8) is 0 Å². The van der Waals surface area contributed by atoms with Gasteiger partial charge < -0.3 is 10.2 Å². The monoisotopic (exact) mass is 208 g/mol. The Bertz CT molecular complexity index is 331. The first kappa shape index (κ1) is 9.19. The van der Waals surface area contributed by atoms with Crippen molar-refractivity contribution in [2.24, 2.45) is 5.92 Å². The summed E-state index contributed by atoms with van der Waals surface area (Å²) in [7, 11) is 0. The molecule has 0 bridgehead atoms. The van der Waals surface area contributed by atoms with Crippen molar-refractivity contribution in [3.8, 4) is 0 Å². The molecule has 0 aromatic heterocycles. The molecule has 3 aliphatic rings. The summed E-state index contributed by atoms with van der Waals surface area (Å²) < 4.78 is 0. The molecule has 1 N–H and O–H groups in total. The number of carbonyl (C=O) groups is 2. The highest BCUT2D eigenvalue weighted by molar-refractivity contribution is 5.96. The number of rotatable bonds is 2. The molecule has 2 saturated carbocycles. The van der Waals surface area contributed by atoms with Gasteiger partial charge >= 0.3 is 0 Å². The van der Waals surface area contributed by atoms with E-state index in [0.717, 1.165) is 25.7 Å². The Balaban J connectivity index is 1.82. The molecule has 4 heteroatoms. The highest BCUT2D eigenvalue weighted by Gasteiger charge is 2.52. The number of hydrogen-bond acceptors (Lipinski definition) is 2. The standard InChI is InChI=1S/C11H16N2O2/c1-11(4-5-11)13-6-8(14)12-9(10(13)15)7-2-3-7/h7,9H,2-6H2,1H3,(H,12,14). The minimum Gasteiger partial charge on any atom is -0.342 e. The molecule has 1 atom stereocenters. The van der Waals surface area contributed by atoms with Crippen LogP contribution in [0.4, 0.5) is 0 Å². The Kier molecular flexibility index (Phi) is 1.68. The average molecular weight is 208 g/mol. The third-order valence-electron chi connectivity index (χ3n) is 3.87. The zero-order valence-electron chi connectivity index (χ0n) is 8.95. The average Bonchev–Trinajstić information content (AvgIpc) is 3.03. The van der Waals surface area contributed by atoms with E-state index in [1.165, 1.54) is 0 Å². The number of piperazine rings is 1. The van der Waals surface area contributed by atoms with E-state index < -0.39 is 0 Å². The van der Waals surface area contributed by atoms with Crippen LogP contribution in [0.5, 0.6) is 0 Å². The maximum atomic E-state index is 12.2. The molecule has 82 valence electrons. The maximum absolute atomic E-state index is 12.2. The van der Waals surface area contributed by atoms with Gasteiger partial charge in [0.1, 0.15) is 12.6 Å². The first-order valence-corrected chi connectivity index (χ1v) is 5.71. The van der Waals surface area contributed by atoms with Crippen molar-refractivity contribution in [2.75, 3.05) is 6.54 Å². The second-order valence-corrected chi connectivity index (χ2v) is 5.30. The van der Waals surface area contributed by atoms with E-state index in [0.29, 0.717) is 5.92 Å². The van der Waals surface area contributed by atoms with Crippen LogP contribution in [-0.4, -0.2) is 34.8 Å². The minimum absolute atomic E-state index is 0.0119. The molecule has 1 unspecified atom stereocenters. The van der Waals surface area contributed by atoms with Crippen LogP contribution in [0.15, 0.2) is 0 Å². The van der Waals surface area contributed by atoms with Crippen LogP contribution in [0.1, 0.15) is 32.6 Å². The van der Waals surface area contributed by atoms with E-state index in [4.69, 9.17) is 0 Å². The van der Waals surface area contributed by atoms with E-state index in [9.17, 15) is 9.59 Å². The molecule has 0 aromatic rings. The Hall–Kier alpha value is -1.06. The van der Waals surface area contributed by atoms with Crippen LogP contribution in [-0.2, 0) is 9.59 Å². The molecule has 0 radical (unpaired) electrons. The number of amides is 2. The first-order chi connectivity index (χ1) is 7.10. The van der Waals surface area contributed by atoms with Crippen LogP contribution in [0, 0.1) is 5.92 Å². The molecule has 3 rings (SSSR count). The molecule has 0 spiro atoms. The lowest BCUT2D eigenvalue weighted by Crippen LogP contribution is -2.61. The summed E-state index contributed by atoms with van der Waals surface area (Å²) in [5.74, 6) is 0.573. The third kappa shape index (κ3) is 1.43. The van der Waals surface area contributed by atoms with Gasteiger partial charge in [-0.1, -0.05) is 0 Å². The molecule has 4 nitrogen and oxygen atoms in total. The van der Waals surface area contributed by atoms with Gasteiger partial charge in [-0.3, -0.25) is 9.59 Å². The van der Waals surface area contributed by atoms with Crippen LogP contribution >= 0.6 is 0 Å². The lowest BCUT2D eigenvalue weighted by atomic mass is 10.1. The Morgan fingerprint density at radius 2 is 2.00 bits per heavy atom. The summed E-state index contributed by atoms with van der Waals surface area (Å²) in [5, 5.41) is 2.83. The predicted octanol–water partition coefficient (Wildman–Crippen LogP) is 0.276. The van der Waals surface area contributed by atoms with E-state index in [1.54, 1.807) is 4.90 Å². The Labute approximate surface area is 89.0 Å². The van der Waals surface area contributed by atoms with Crippen LogP contribution in [0.25, 0.3) is 0 Å². The minimum atomic E-state index is -0.219. The molecule has 2 aliphatic carbocycles. The molecule has 0 aromatic carbocycles. The SMILES string of the molecule is CC1(N2CC(=O)NC(C3CC3)C2=O)CC1. The maximum Gasteiger partial charge on any atom is 0.246 e. The van der Waals surface area contributed by atoms with Crippen molar-refractivity contribution in [2.45, 2.75) is 44.2 Å². The second-order valence-electron chi connectivity index (χ2n) is 5.30. The zero-order valence-corrected chi connectivity index (χ0v) is 8.95. The van der Waals surface area contributed by atoms with E-state index in [2.05, 4.69) is 12.2 Å². The topological polar surface area (TPSA) is 49.4 Å². The molecular formula is C11H16N2O2. The van der Waals surface area contributed by atoms with Crippen LogP contribution < -0.4 is 5.32 Å². The van der Waals surface area contributed by atoms with Gasteiger partial charge in [0, 0.05) is 5.54 Å². The number of carbonyl (C=O) groups excluding carboxylic acids is 2. The highest BCUT2D eigenvalue weighted by atomic mass is 16.2. The largest absolute Gasteiger partial charge is 0.342 e. The van der Waals surface area contributed by atoms with Gasteiger partial charge in [-0.2, -0.15) is 0 Å². The summed E-state index contributed by atoms with van der Waals surface area (Å²) in [4.78, 5) is 25.5. The smallest absolute Gasteiger partial charge is 0.246 e. The Morgan fingerprint density at radius 3 is 2.53 bits per heavy atom. The second kappa shape index (κ2) is 2.74. The van der Waals surface area contributed by atoms with Crippen LogP contribution in [0.2, 0.25) is 0 Å². The van der Waals surface area contributed by atoms with Gasteiger partial charge in [0.25, 0.3) is 0 Å². The number of nitrogens with one attached hydrogen (secondary N) is 1. The first-order valence-electron chi connectivity index (χ1n) is 5.71. The molecule has 2 amide bonds. The fraction of sp³-hybridized carbons (Fsp3) is 0.818. The lowest BCUT2D eigenvalue weighted by molar-refractivity contribution is -0.147. The fourth-order valence-electron chi connectivity index (χ4n) is 2.33. The normalized spacial score (nSPS) is 33.9. The molecule has 1 saturated heterocycles. The molecule has 3 fully saturated rings. The molecular weight excluding hydrogens is 192 g/mol. The summed E-state index contributed by atoms with van der Waals surface area (Å²) in [6.45, 7) is 2.34. The summed E-state index contributed by atoms with van der Waals surface area (Å²) in [5.41, 5.74) is -0.0119. The van der Waals surface area contributed by atoms with Gasteiger partial charge in [-0.15, -0.1) is 0 Å². The predicted molar refractivity (Wildman–Crippen MR) is 54.0 cm³/mol.